The van der Waals surface area contributed by atoms with Crippen LogP contribution in [0.5, 0.6) is 0 Å². The van der Waals surface area contributed by atoms with Crippen LogP contribution in [-0.2, 0) is 6.42 Å². The molecule has 0 aliphatic heterocycles. The van der Waals surface area contributed by atoms with Crippen molar-refractivity contribution in [2.45, 2.75) is 12.8 Å². The van der Waals surface area contributed by atoms with Crippen molar-refractivity contribution in [3.63, 3.8) is 0 Å². The Kier molecular flexibility index (Phi) is 8.27. The fraction of sp³-hybridized carbons (Fsp3) is 0.0351. The molecule has 0 atom stereocenters. The number of benzene rings is 9. The highest BCUT2D eigenvalue weighted by molar-refractivity contribution is 6.19. The number of nitrogens with zero attached hydrogens (tertiary/aromatic N) is 4. The molecule has 286 valence electrons. The molecule has 9 aromatic carbocycles. The normalized spacial score (nSPS) is 12.4. The molecule has 0 saturated heterocycles. The molecule has 61 heavy (non-hydrogen) atoms. The average Bonchev–Trinajstić information content (AvgIpc) is 3.68. The SMILES string of the molecule is C1=Cc2c(c3ccccc3c3cc(-n4c5ccccc5c5ccccc54)cc(-c4cccc(-c5cccc(-c6nc(-c7ccccc7)nc(-c7ccccc7)n6)c5)c4)c23)CC1. The Labute approximate surface area is 353 Å². The van der Waals surface area contributed by atoms with E-state index < -0.39 is 0 Å². The summed E-state index contributed by atoms with van der Waals surface area (Å²) in [6.07, 6.45) is 6.78. The van der Waals surface area contributed by atoms with Crippen LogP contribution in [0.15, 0.2) is 200 Å². The molecule has 1 aliphatic rings. The summed E-state index contributed by atoms with van der Waals surface area (Å²) < 4.78 is 2.45. The van der Waals surface area contributed by atoms with Crippen molar-refractivity contribution in [1.82, 2.24) is 19.5 Å². The monoisotopic (exact) mass is 778 g/mol. The Balaban J connectivity index is 1.07. The number of aromatic nitrogens is 4. The lowest BCUT2D eigenvalue weighted by Gasteiger charge is -2.22. The Morgan fingerprint density at radius 1 is 0.377 bits per heavy atom. The maximum atomic E-state index is 5.05. The van der Waals surface area contributed by atoms with Gasteiger partial charge in [-0.15, -0.1) is 0 Å². The van der Waals surface area contributed by atoms with E-state index in [2.05, 4.69) is 150 Å². The zero-order valence-corrected chi connectivity index (χ0v) is 33.3. The van der Waals surface area contributed by atoms with E-state index in [0.29, 0.717) is 17.5 Å². The Hall–Kier alpha value is -7.95. The lowest BCUT2D eigenvalue weighted by molar-refractivity contribution is 1.00. The van der Waals surface area contributed by atoms with Crippen molar-refractivity contribution in [1.29, 1.82) is 0 Å². The molecule has 0 amide bonds. The van der Waals surface area contributed by atoms with Crippen LogP contribution in [0.3, 0.4) is 0 Å². The molecule has 12 rings (SSSR count). The van der Waals surface area contributed by atoms with Gasteiger partial charge in [-0.2, -0.15) is 0 Å². The molecule has 1 aliphatic carbocycles. The van der Waals surface area contributed by atoms with Gasteiger partial charge in [-0.25, -0.2) is 15.0 Å². The fourth-order valence-corrected chi connectivity index (χ4v) is 9.49. The average molecular weight is 779 g/mol. The Morgan fingerprint density at radius 3 is 1.51 bits per heavy atom. The summed E-state index contributed by atoms with van der Waals surface area (Å²) >= 11 is 0. The molecule has 2 aromatic heterocycles. The van der Waals surface area contributed by atoms with Gasteiger partial charge in [-0.05, 0) is 104 Å². The van der Waals surface area contributed by atoms with Crippen molar-refractivity contribution in [2.75, 3.05) is 0 Å². The summed E-state index contributed by atoms with van der Waals surface area (Å²) in [7, 11) is 0. The van der Waals surface area contributed by atoms with Crippen LogP contribution in [0.25, 0.3) is 112 Å². The zero-order valence-electron chi connectivity index (χ0n) is 33.3. The molecular formula is C57H38N4. The Morgan fingerprint density at radius 2 is 0.869 bits per heavy atom. The number of fused-ring (bicyclic) bond motifs is 9. The van der Waals surface area contributed by atoms with E-state index >= 15 is 0 Å². The van der Waals surface area contributed by atoms with Crippen LogP contribution in [-0.4, -0.2) is 19.5 Å². The van der Waals surface area contributed by atoms with Crippen molar-refractivity contribution in [2.24, 2.45) is 0 Å². The van der Waals surface area contributed by atoms with Crippen LogP contribution in [0.2, 0.25) is 0 Å². The first-order valence-corrected chi connectivity index (χ1v) is 21.0. The van der Waals surface area contributed by atoms with Crippen LogP contribution < -0.4 is 0 Å². The highest BCUT2D eigenvalue weighted by Crippen LogP contribution is 2.44. The van der Waals surface area contributed by atoms with Crippen molar-refractivity contribution in [3.05, 3.63) is 211 Å². The third kappa shape index (κ3) is 5.95. The van der Waals surface area contributed by atoms with Gasteiger partial charge >= 0.3 is 0 Å². The quantitative estimate of drug-likeness (QED) is 0.158. The predicted molar refractivity (Wildman–Crippen MR) is 254 cm³/mol. The molecule has 2 heterocycles. The number of hydrogen-bond donors (Lipinski definition) is 0. The summed E-state index contributed by atoms with van der Waals surface area (Å²) in [5, 5.41) is 7.71. The van der Waals surface area contributed by atoms with Gasteiger partial charge in [0.2, 0.25) is 0 Å². The predicted octanol–water partition coefficient (Wildman–Crippen LogP) is 14.6. The first-order chi connectivity index (χ1) is 30.2. The second-order valence-electron chi connectivity index (χ2n) is 15.9. The fourth-order valence-electron chi connectivity index (χ4n) is 9.49. The van der Waals surface area contributed by atoms with E-state index in [1.165, 1.54) is 65.6 Å². The maximum Gasteiger partial charge on any atom is 0.164 e. The molecule has 11 aromatic rings. The van der Waals surface area contributed by atoms with E-state index in [-0.39, 0.29) is 0 Å². The van der Waals surface area contributed by atoms with E-state index in [1.54, 1.807) is 0 Å². The lowest BCUT2D eigenvalue weighted by Crippen LogP contribution is -2.01. The second-order valence-corrected chi connectivity index (χ2v) is 15.9. The largest absolute Gasteiger partial charge is 0.309 e. The van der Waals surface area contributed by atoms with Crippen molar-refractivity contribution < 1.29 is 0 Å². The van der Waals surface area contributed by atoms with Gasteiger partial charge in [-0.1, -0.05) is 170 Å². The van der Waals surface area contributed by atoms with E-state index in [9.17, 15) is 0 Å². The summed E-state index contributed by atoms with van der Waals surface area (Å²) in [4.78, 5) is 15.0. The van der Waals surface area contributed by atoms with E-state index in [1.807, 2.05) is 60.7 Å². The maximum absolute atomic E-state index is 5.05. The lowest BCUT2D eigenvalue weighted by atomic mass is 9.83. The third-order valence-electron chi connectivity index (χ3n) is 12.3. The minimum absolute atomic E-state index is 0.640. The van der Waals surface area contributed by atoms with Crippen LogP contribution in [0.1, 0.15) is 17.5 Å². The number of rotatable bonds is 6. The van der Waals surface area contributed by atoms with Gasteiger partial charge in [0.25, 0.3) is 0 Å². The Bertz CT molecular complexity index is 3420. The van der Waals surface area contributed by atoms with Crippen molar-refractivity contribution in [3.8, 4) is 62.1 Å². The molecule has 0 bridgehead atoms. The summed E-state index contributed by atoms with van der Waals surface area (Å²) in [5.74, 6) is 1.94. The van der Waals surface area contributed by atoms with Crippen LogP contribution >= 0.6 is 0 Å². The first kappa shape index (κ1) is 35.0. The van der Waals surface area contributed by atoms with Crippen molar-refractivity contribution >= 4 is 49.4 Å². The minimum Gasteiger partial charge on any atom is -0.309 e. The number of para-hydroxylation sites is 2. The number of hydrogen-bond acceptors (Lipinski definition) is 3. The second kappa shape index (κ2) is 14.4. The van der Waals surface area contributed by atoms with Gasteiger partial charge in [0.1, 0.15) is 0 Å². The van der Waals surface area contributed by atoms with Gasteiger partial charge in [0.05, 0.1) is 11.0 Å². The molecular weight excluding hydrogens is 741 g/mol. The van der Waals surface area contributed by atoms with Gasteiger partial charge < -0.3 is 4.57 Å². The molecule has 0 radical (unpaired) electrons. The van der Waals surface area contributed by atoms with Gasteiger partial charge in [0.15, 0.2) is 17.5 Å². The van der Waals surface area contributed by atoms with Crippen LogP contribution in [0, 0.1) is 0 Å². The highest BCUT2D eigenvalue weighted by atomic mass is 15.0. The van der Waals surface area contributed by atoms with Gasteiger partial charge in [0, 0.05) is 33.2 Å². The smallest absolute Gasteiger partial charge is 0.164 e. The summed E-state index contributed by atoms with van der Waals surface area (Å²) in [6.45, 7) is 0. The third-order valence-corrected chi connectivity index (χ3v) is 12.3. The topological polar surface area (TPSA) is 43.6 Å². The molecule has 0 spiro atoms. The number of allylic oxidation sites excluding steroid dienone is 1. The summed E-state index contributed by atoms with van der Waals surface area (Å²) in [6, 6.07) is 69.3. The molecule has 0 unspecified atom stereocenters. The molecule has 0 N–H and O–H groups in total. The molecule has 4 heteroatoms. The first-order valence-electron chi connectivity index (χ1n) is 21.0. The standard InChI is InChI=1S/C57H38N4/c1-3-17-37(18-4-1)55-58-56(38-19-5-2-6-20-38)60-57(59-55)42-24-16-22-40(34-42)39-21-15-23-41(33-39)50-35-43(61-52-31-13-11-28-47(52)48-29-12-14-32-53(48)61)36-51-46-27-8-7-25-44(46)45-26-9-10-30-49(45)54(50)51/h1-8,10-25,27-36H,9,26H2. The molecule has 0 fully saturated rings. The zero-order chi connectivity index (χ0) is 40.3. The van der Waals surface area contributed by atoms with E-state index in [4.69, 9.17) is 15.0 Å². The molecule has 4 nitrogen and oxygen atoms in total. The summed E-state index contributed by atoms with van der Waals surface area (Å²) in [5.41, 5.74) is 13.8. The highest BCUT2D eigenvalue weighted by Gasteiger charge is 2.21. The minimum atomic E-state index is 0.640. The van der Waals surface area contributed by atoms with Gasteiger partial charge in [-0.3, -0.25) is 0 Å². The number of aryl methyl sites for hydroxylation is 1. The van der Waals surface area contributed by atoms with E-state index in [0.717, 1.165) is 46.3 Å². The van der Waals surface area contributed by atoms with Crippen LogP contribution in [0.4, 0.5) is 0 Å². The molecule has 0 saturated carbocycles.